The molecule has 0 heterocycles. The fraction of sp³-hybridized carbons (Fsp3) is 0.333. The highest BCUT2D eigenvalue weighted by atomic mass is 16.5. The molecule has 1 rings (SSSR count). The molecule has 3 nitrogen and oxygen atoms in total. The number of para-hydroxylation sites is 1. The Balaban J connectivity index is 2.16. The molecule has 3 N–H and O–H groups in total. The fourth-order valence-corrected chi connectivity index (χ4v) is 0.881. The van der Waals surface area contributed by atoms with Crippen LogP contribution in [0.5, 0.6) is 5.75 Å². The predicted molar refractivity (Wildman–Crippen MR) is 48.7 cm³/mol. The molecule has 0 aliphatic heterocycles. The summed E-state index contributed by atoms with van der Waals surface area (Å²) in [5, 5.41) is 0. The quantitative estimate of drug-likeness (QED) is 0.388. The van der Waals surface area contributed by atoms with Crippen LogP contribution in [0.25, 0.3) is 0 Å². The number of nitrogens with one attached hydrogen (secondary N) is 1. The summed E-state index contributed by atoms with van der Waals surface area (Å²) in [6, 6.07) is 9.76. The maximum Gasteiger partial charge on any atom is 0.119 e. The fourth-order valence-electron chi connectivity index (χ4n) is 0.881. The SMILES string of the molecule is NNCCCOc1ccccc1. The van der Waals surface area contributed by atoms with Crippen molar-refractivity contribution in [1.82, 2.24) is 5.43 Å². The number of ether oxygens (including phenoxy) is 1. The maximum absolute atomic E-state index is 5.41. The van der Waals surface area contributed by atoms with Gasteiger partial charge in [-0.15, -0.1) is 0 Å². The summed E-state index contributed by atoms with van der Waals surface area (Å²) in [5.41, 5.74) is 2.57. The third kappa shape index (κ3) is 3.37. The van der Waals surface area contributed by atoms with Crippen molar-refractivity contribution in [2.24, 2.45) is 5.84 Å². The van der Waals surface area contributed by atoms with E-state index in [-0.39, 0.29) is 0 Å². The van der Waals surface area contributed by atoms with E-state index in [4.69, 9.17) is 10.6 Å². The van der Waals surface area contributed by atoms with Crippen LogP contribution in [0.15, 0.2) is 30.3 Å². The van der Waals surface area contributed by atoms with Crippen molar-refractivity contribution in [3.63, 3.8) is 0 Å². The van der Waals surface area contributed by atoms with Crippen LogP contribution in [-0.2, 0) is 0 Å². The third-order valence-corrected chi connectivity index (χ3v) is 1.48. The van der Waals surface area contributed by atoms with E-state index < -0.39 is 0 Å². The van der Waals surface area contributed by atoms with Crippen molar-refractivity contribution >= 4 is 0 Å². The molecular weight excluding hydrogens is 152 g/mol. The van der Waals surface area contributed by atoms with Crippen molar-refractivity contribution in [2.45, 2.75) is 6.42 Å². The Morgan fingerprint density at radius 2 is 2.00 bits per heavy atom. The zero-order valence-corrected chi connectivity index (χ0v) is 6.99. The first kappa shape index (κ1) is 9.03. The van der Waals surface area contributed by atoms with Gasteiger partial charge in [0.15, 0.2) is 0 Å². The molecule has 0 saturated heterocycles. The summed E-state index contributed by atoms with van der Waals surface area (Å²) in [6.07, 6.45) is 0.922. The Hall–Kier alpha value is -1.06. The minimum atomic E-state index is 0.703. The molecule has 0 saturated carbocycles. The van der Waals surface area contributed by atoms with Crippen molar-refractivity contribution < 1.29 is 4.74 Å². The minimum absolute atomic E-state index is 0.703. The van der Waals surface area contributed by atoms with Gasteiger partial charge < -0.3 is 4.74 Å². The van der Waals surface area contributed by atoms with Gasteiger partial charge >= 0.3 is 0 Å². The molecule has 0 unspecified atom stereocenters. The minimum Gasteiger partial charge on any atom is -0.494 e. The van der Waals surface area contributed by atoms with E-state index >= 15 is 0 Å². The van der Waals surface area contributed by atoms with Crippen LogP contribution in [0, 0.1) is 0 Å². The molecule has 66 valence electrons. The van der Waals surface area contributed by atoms with Crippen molar-refractivity contribution in [3.05, 3.63) is 30.3 Å². The number of benzene rings is 1. The Labute approximate surface area is 72.5 Å². The lowest BCUT2D eigenvalue weighted by molar-refractivity contribution is 0.308. The summed E-state index contributed by atoms with van der Waals surface area (Å²) in [7, 11) is 0. The van der Waals surface area contributed by atoms with Crippen LogP contribution in [0.3, 0.4) is 0 Å². The second-order valence-electron chi connectivity index (χ2n) is 2.47. The van der Waals surface area contributed by atoms with Gasteiger partial charge in [0.25, 0.3) is 0 Å². The van der Waals surface area contributed by atoms with Gasteiger partial charge in [0.2, 0.25) is 0 Å². The summed E-state index contributed by atoms with van der Waals surface area (Å²) in [4.78, 5) is 0. The first-order valence-corrected chi connectivity index (χ1v) is 4.05. The number of hydrogen-bond acceptors (Lipinski definition) is 3. The predicted octanol–water partition coefficient (Wildman–Crippen LogP) is 0.919. The van der Waals surface area contributed by atoms with Crippen LogP contribution in [0.4, 0.5) is 0 Å². The van der Waals surface area contributed by atoms with Crippen LogP contribution < -0.4 is 16.0 Å². The Bertz CT molecular complexity index is 201. The van der Waals surface area contributed by atoms with Crippen LogP contribution in [-0.4, -0.2) is 13.2 Å². The van der Waals surface area contributed by atoms with Crippen LogP contribution in [0.2, 0.25) is 0 Å². The normalized spacial score (nSPS) is 9.75. The first-order valence-electron chi connectivity index (χ1n) is 4.05. The molecule has 1 aromatic carbocycles. The second kappa shape index (κ2) is 5.57. The standard InChI is InChI=1S/C9H14N2O/c10-11-7-4-8-12-9-5-2-1-3-6-9/h1-3,5-6,11H,4,7-8,10H2. The van der Waals surface area contributed by atoms with E-state index in [1.165, 1.54) is 0 Å². The molecule has 3 heteroatoms. The van der Waals surface area contributed by atoms with Crippen LogP contribution >= 0.6 is 0 Å². The van der Waals surface area contributed by atoms with E-state index in [9.17, 15) is 0 Å². The molecule has 0 bridgehead atoms. The van der Waals surface area contributed by atoms with Crippen molar-refractivity contribution in [2.75, 3.05) is 13.2 Å². The molecule has 0 fully saturated rings. The van der Waals surface area contributed by atoms with Gasteiger partial charge in [-0.05, 0) is 18.6 Å². The highest BCUT2D eigenvalue weighted by Crippen LogP contribution is 2.07. The number of hydrogen-bond donors (Lipinski definition) is 2. The molecule has 12 heavy (non-hydrogen) atoms. The molecule has 0 spiro atoms. The van der Waals surface area contributed by atoms with Crippen molar-refractivity contribution in [1.29, 1.82) is 0 Å². The van der Waals surface area contributed by atoms with Crippen molar-refractivity contribution in [3.8, 4) is 5.75 Å². The van der Waals surface area contributed by atoms with Gasteiger partial charge in [-0.1, -0.05) is 18.2 Å². The van der Waals surface area contributed by atoms with E-state index in [1.54, 1.807) is 0 Å². The summed E-state index contributed by atoms with van der Waals surface area (Å²) in [5.74, 6) is 6.01. The van der Waals surface area contributed by atoms with Gasteiger partial charge in [0, 0.05) is 6.54 Å². The number of nitrogens with two attached hydrogens (primary N) is 1. The number of hydrazine groups is 1. The lowest BCUT2D eigenvalue weighted by Gasteiger charge is -2.04. The Kier molecular flexibility index (Phi) is 4.19. The summed E-state index contributed by atoms with van der Waals surface area (Å²) >= 11 is 0. The largest absolute Gasteiger partial charge is 0.494 e. The summed E-state index contributed by atoms with van der Waals surface area (Å²) in [6.45, 7) is 1.49. The smallest absolute Gasteiger partial charge is 0.119 e. The topological polar surface area (TPSA) is 47.3 Å². The Morgan fingerprint density at radius 1 is 1.25 bits per heavy atom. The molecule has 0 radical (unpaired) electrons. The molecule has 0 aromatic heterocycles. The van der Waals surface area contributed by atoms with Gasteiger partial charge in [0.1, 0.15) is 5.75 Å². The highest BCUT2D eigenvalue weighted by molar-refractivity contribution is 5.20. The van der Waals surface area contributed by atoms with Gasteiger partial charge in [-0.3, -0.25) is 11.3 Å². The second-order valence-corrected chi connectivity index (χ2v) is 2.47. The molecule has 0 atom stereocenters. The Morgan fingerprint density at radius 3 is 2.67 bits per heavy atom. The highest BCUT2D eigenvalue weighted by Gasteiger charge is 1.89. The molecule has 0 amide bonds. The van der Waals surface area contributed by atoms with Crippen LogP contribution in [0.1, 0.15) is 6.42 Å². The first-order chi connectivity index (χ1) is 5.93. The molecule has 0 aliphatic rings. The van der Waals surface area contributed by atoms with E-state index in [1.807, 2.05) is 30.3 Å². The van der Waals surface area contributed by atoms with Gasteiger partial charge in [-0.25, -0.2) is 0 Å². The average Bonchev–Trinajstić information content (AvgIpc) is 2.14. The zero-order chi connectivity index (χ0) is 8.65. The molecule has 0 aliphatic carbocycles. The lowest BCUT2D eigenvalue weighted by atomic mass is 10.3. The monoisotopic (exact) mass is 166 g/mol. The lowest BCUT2D eigenvalue weighted by Crippen LogP contribution is -2.24. The average molecular weight is 166 g/mol. The summed E-state index contributed by atoms with van der Waals surface area (Å²) < 4.78 is 5.41. The van der Waals surface area contributed by atoms with E-state index in [2.05, 4.69) is 5.43 Å². The zero-order valence-electron chi connectivity index (χ0n) is 6.99. The molecular formula is C9H14N2O. The number of rotatable bonds is 5. The molecule has 1 aromatic rings. The van der Waals surface area contributed by atoms with E-state index in [0.29, 0.717) is 6.61 Å². The maximum atomic E-state index is 5.41. The van der Waals surface area contributed by atoms with E-state index in [0.717, 1.165) is 18.7 Å². The third-order valence-electron chi connectivity index (χ3n) is 1.48. The van der Waals surface area contributed by atoms with Gasteiger partial charge in [0.05, 0.1) is 6.61 Å². The van der Waals surface area contributed by atoms with Gasteiger partial charge in [-0.2, -0.15) is 0 Å².